The average Bonchev–Trinajstić information content (AvgIpc) is 3.32. The summed E-state index contributed by atoms with van der Waals surface area (Å²) in [5, 5.41) is 7.01. The van der Waals surface area contributed by atoms with Gasteiger partial charge in [0.25, 0.3) is 5.91 Å². The third-order valence-corrected chi connectivity index (χ3v) is 6.53. The number of carbonyl (C=O) groups is 1. The topological polar surface area (TPSA) is 53.6 Å². The van der Waals surface area contributed by atoms with Gasteiger partial charge in [0.05, 0.1) is 22.9 Å². The van der Waals surface area contributed by atoms with Crippen molar-refractivity contribution in [2.24, 2.45) is 0 Å². The van der Waals surface area contributed by atoms with Gasteiger partial charge >= 0.3 is 0 Å². The van der Waals surface area contributed by atoms with Crippen LogP contribution in [-0.4, -0.2) is 49.1 Å². The third kappa shape index (κ3) is 3.05. The predicted octanol–water partition coefficient (Wildman–Crippen LogP) is 3.46. The van der Waals surface area contributed by atoms with E-state index in [1.54, 1.807) is 6.07 Å². The molecule has 26 heavy (non-hydrogen) atoms. The molecule has 6 heteroatoms. The molecule has 0 aromatic heterocycles. The molecule has 3 aliphatic heterocycles. The minimum Gasteiger partial charge on any atom is -0.493 e. The van der Waals surface area contributed by atoms with E-state index < -0.39 is 0 Å². The molecule has 2 fully saturated rings. The number of hydrogen-bond donors (Lipinski definition) is 2. The van der Waals surface area contributed by atoms with Crippen molar-refractivity contribution in [3.05, 3.63) is 22.2 Å². The average molecular weight is 378 g/mol. The van der Waals surface area contributed by atoms with Crippen molar-refractivity contribution in [3.8, 4) is 5.75 Å². The molecule has 0 unspecified atom stereocenters. The van der Waals surface area contributed by atoms with Gasteiger partial charge in [0.15, 0.2) is 0 Å². The Balaban J connectivity index is 1.47. The number of hydrogen-bond acceptors (Lipinski definition) is 4. The van der Waals surface area contributed by atoms with Gasteiger partial charge in [-0.05, 0) is 64.6 Å². The fourth-order valence-corrected chi connectivity index (χ4v) is 5.33. The smallest absolute Gasteiger partial charge is 0.255 e. The summed E-state index contributed by atoms with van der Waals surface area (Å²) >= 11 is 6.40. The molecule has 5 nitrogen and oxygen atoms in total. The molecular weight excluding hydrogens is 350 g/mol. The summed E-state index contributed by atoms with van der Waals surface area (Å²) in [5.74, 6) is 0.611. The third-order valence-electron chi connectivity index (χ3n) is 6.23. The van der Waals surface area contributed by atoms with Crippen LogP contribution in [0.2, 0.25) is 5.02 Å². The monoisotopic (exact) mass is 377 g/mol. The molecule has 1 aromatic carbocycles. The van der Waals surface area contributed by atoms with Gasteiger partial charge in [0.2, 0.25) is 0 Å². The minimum absolute atomic E-state index is 0.0796. The first kappa shape index (κ1) is 17.9. The highest BCUT2D eigenvalue weighted by Gasteiger charge is 2.43. The van der Waals surface area contributed by atoms with Crippen molar-refractivity contribution in [1.29, 1.82) is 0 Å². The lowest BCUT2D eigenvalue weighted by Crippen LogP contribution is -2.41. The molecule has 2 N–H and O–H groups in total. The zero-order valence-corrected chi connectivity index (χ0v) is 16.3. The number of anilines is 1. The molecule has 0 bridgehead atoms. The van der Waals surface area contributed by atoms with Crippen molar-refractivity contribution in [1.82, 2.24) is 10.2 Å². The van der Waals surface area contributed by atoms with Crippen molar-refractivity contribution in [2.75, 3.05) is 38.1 Å². The Morgan fingerprint density at radius 3 is 2.88 bits per heavy atom. The van der Waals surface area contributed by atoms with E-state index in [-0.39, 0.29) is 5.91 Å². The van der Waals surface area contributed by atoms with E-state index in [2.05, 4.69) is 15.5 Å². The second kappa shape index (κ2) is 7.28. The highest BCUT2D eigenvalue weighted by molar-refractivity contribution is 6.34. The molecular formula is C20H28ClN3O2. The molecule has 0 spiro atoms. The van der Waals surface area contributed by atoms with Crippen molar-refractivity contribution in [3.63, 3.8) is 0 Å². The van der Waals surface area contributed by atoms with Crippen LogP contribution in [0.25, 0.3) is 0 Å². The van der Waals surface area contributed by atoms with Crippen molar-refractivity contribution in [2.45, 2.75) is 51.0 Å². The van der Waals surface area contributed by atoms with Crippen LogP contribution in [0.4, 0.5) is 5.69 Å². The molecule has 1 aromatic rings. The lowest BCUT2D eigenvalue weighted by molar-refractivity contribution is 0.0939. The van der Waals surface area contributed by atoms with Crippen LogP contribution in [-0.2, 0) is 6.42 Å². The maximum atomic E-state index is 12.9. The molecule has 0 saturated carbocycles. The Hall–Kier alpha value is -1.46. The normalized spacial score (nSPS) is 20.5. The highest BCUT2D eigenvalue weighted by atomic mass is 35.5. The van der Waals surface area contributed by atoms with Gasteiger partial charge < -0.3 is 15.4 Å². The van der Waals surface area contributed by atoms with E-state index in [0.29, 0.717) is 35.0 Å². The zero-order valence-electron chi connectivity index (χ0n) is 15.5. The fraction of sp³-hybridized carbons (Fsp3) is 0.650. The van der Waals surface area contributed by atoms with E-state index in [1.807, 2.05) is 6.92 Å². The van der Waals surface area contributed by atoms with E-state index in [9.17, 15) is 4.79 Å². The summed E-state index contributed by atoms with van der Waals surface area (Å²) in [6.07, 6.45) is 6.98. The quantitative estimate of drug-likeness (QED) is 0.797. The summed E-state index contributed by atoms with van der Waals surface area (Å²) in [6.45, 7) is 6.45. The van der Waals surface area contributed by atoms with Crippen LogP contribution >= 0.6 is 11.6 Å². The van der Waals surface area contributed by atoms with Crippen LogP contribution in [0.15, 0.2) is 6.07 Å². The first-order chi connectivity index (χ1) is 12.6. The van der Waals surface area contributed by atoms with Crippen molar-refractivity contribution < 1.29 is 9.53 Å². The fourth-order valence-electron chi connectivity index (χ4n) is 5.04. The lowest BCUT2D eigenvalue weighted by atomic mass is 9.90. The summed E-state index contributed by atoms with van der Waals surface area (Å²) in [5.41, 5.74) is 2.83. The molecule has 0 atom stereocenters. The van der Waals surface area contributed by atoms with E-state index in [1.165, 1.54) is 38.8 Å². The highest BCUT2D eigenvalue weighted by Crippen LogP contribution is 2.42. The molecule has 142 valence electrons. The van der Waals surface area contributed by atoms with E-state index >= 15 is 0 Å². The molecule has 2 saturated heterocycles. The number of rotatable bonds is 6. The molecule has 3 heterocycles. The number of nitrogens with zero attached hydrogens (tertiary/aromatic N) is 1. The van der Waals surface area contributed by atoms with Crippen LogP contribution in [0.1, 0.15) is 54.9 Å². The Bertz CT molecular complexity index is 697. The Kier molecular flexibility index (Phi) is 5.02. The predicted molar refractivity (Wildman–Crippen MR) is 105 cm³/mol. The van der Waals surface area contributed by atoms with Crippen LogP contribution < -0.4 is 15.4 Å². The maximum absolute atomic E-state index is 12.9. The zero-order chi connectivity index (χ0) is 18.1. The van der Waals surface area contributed by atoms with Crippen LogP contribution in [0.3, 0.4) is 0 Å². The Morgan fingerprint density at radius 1 is 1.38 bits per heavy atom. The number of benzene rings is 1. The van der Waals surface area contributed by atoms with Crippen LogP contribution in [0, 0.1) is 0 Å². The van der Waals surface area contributed by atoms with E-state index in [0.717, 1.165) is 30.6 Å². The summed E-state index contributed by atoms with van der Waals surface area (Å²) in [6, 6.07) is 1.74. The second-order valence-electron chi connectivity index (χ2n) is 7.62. The largest absolute Gasteiger partial charge is 0.493 e. The first-order valence-electron chi connectivity index (χ1n) is 9.90. The molecule has 1 amide bonds. The summed E-state index contributed by atoms with van der Waals surface area (Å²) in [7, 11) is 0. The number of carbonyl (C=O) groups excluding carboxylic acids is 1. The van der Waals surface area contributed by atoms with Gasteiger partial charge in [-0.15, -0.1) is 0 Å². The van der Waals surface area contributed by atoms with Gasteiger partial charge in [0, 0.05) is 24.2 Å². The molecule has 0 aliphatic carbocycles. The molecule has 3 aliphatic rings. The van der Waals surface area contributed by atoms with E-state index in [4.69, 9.17) is 16.3 Å². The lowest BCUT2D eigenvalue weighted by Gasteiger charge is -2.32. The Morgan fingerprint density at radius 2 is 2.15 bits per heavy atom. The van der Waals surface area contributed by atoms with Gasteiger partial charge in [-0.25, -0.2) is 0 Å². The Labute approximate surface area is 160 Å². The number of halogens is 1. The van der Waals surface area contributed by atoms with Crippen molar-refractivity contribution >= 4 is 23.2 Å². The minimum atomic E-state index is -0.0796. The van der Waals surface area contributed by atoms with Crippen LogP contribution in [0.5, 0.6) is 5.75 Å². The molecule has 0 radical (unpaired) electrons. The SMILES string of the molecule is CCOc1c(C(=O)NCCC23CCCN2CCC3)cc(Cl)c2c1CCN2. The summed E-state index contributed by atoms with van der Waals surface area (Å²) in [4.78, 5) is 15.5. The number of fused-ring (bicyclic) bond motifs is 2. The number of nitrogens with one attached hydrogen (secondary N) is 2. The molecule has 4 rings (SSSR count). The van der Waals surface area contributed by atoms with Gasteiger partial charge in [-0.2, -0.15) is 0 Å². The summed E-state index contributed by atoms with van der Waals surface area (Å²) < 4.78 is 5.84. The maximum Gasteiger partial charge on any atom is 0.255 e. The number of ether oxygens (including phenoxy) is 1. The second-order valence-corrected chi connectivity index (χ2v) is 8.03. The number of amides is 1. The van der Waals surface area contributed by atoms with Gasteiger partial charge in [-0.3, -0.25) is 9.69 Å². The standard InChI is InChI=1S/C20H28ClN3O2/c1-2-26-18-14-5-9-22-17(14)16(21)13-15(18)19(25)23-10-8-20-6-3-11-24(20)12-4-7-20/h13,22H,2-12H2,1H3,(H,23,25). The van der Waals surface area contributed by atoms with Gasteiger partial charge in [0.1, 0.15) is 5.75 Å². The first-order valence-corrected chi connectivity index (χ1v) is 10.3. The van der Waals surface area contributed by atoms with Gasteiger partial charge in [-0.1, -0.05) is 11.6 Å².